The summed E-state index contributed by atoms with van der Waals surface area (Å²) in [7, 11) is 1.61. The predicted molar refractivity (Wildman–Crippen MR) is 61.2 cm³/mol. The van der Waals surface area contributed by atoms with E-state index in [1.165, 1.54) is 0 Å². The molecule has 0 fully saturated rings. The highest BCUT2D eigenvalue weighted by atomic mass is 19.1. The maximum Gasteiger partial charge on any atom is 0.186 e. The molecular formula is C11H13FN4O. The number of hydrogen-bond acceptors (Lipinski definition) is 5. The Bertz CT molecular complexity index is 545. The molecule has 2 heterocycles. The normalized spacial score (nSPS) is 10.6. The number of anilines is 1. The first-order valence-electron chi connectivity index (χ1n) is 5.19. The summed E-state index contributed by atoms with van der Waals surface area (Å²) in [5.41, 5.74) is 1.69. The Morgan fingerprint density at radius 1 is 1.12 bits per heavy atom. The molecule has 0 aliphatic rings. The molecule has 1 N–H and O–H groups in total. The Balaban J connectivity index is 2.65. The molecule has 0 radical (unpaired) electrons. The van der Waals surface area contributed by atoms with E-state index in [9.17, 15) is 4.39 Å². The summed E-state index contributed by atoms with van der Waals surface area (Å²) in [6, 6.07) is 0. The third kappa shape index (κ3) is 1.86. The molecule has 2 aromatic rings. The van der Waals surface area contributed by atoms with Crippen molar-refractivity contribution < 1.29 is 8.91 Å². The van der Waals surface area contributed by atoms with Gasteiger partial charge in [-0.1, -0.05) is 5.16 Å². The van der Waals surface area contributed by atoms with Gasteiger partial charge in [0.2, 0.25) is 0 Å². The molecule has 0 amide bonds. The third-order valence-electron chi connectivity index (χ3n) is 2.51. The van der Waals surface area contributed by atoms with Gasteiger partial charge in [0.15, 0.2) is 17.5 Å². The van der Waals surface area contributed by atoms with Crippen LogP contribution in [0.5, 0.6) is 0 Å². The van der Waals surface area contributed by atoms with Gasteiger partial charge in [0.05, 0.1) is 17.0 Å². The number of aromatic nitrogens is 3. The SMILES string of the molecule is CNc1nc(-c2c(C)noc2C)nc(C)c1F. The highest BCUT2D eigenvalue weighted by Crippen LogP contribution is 2.26. The zero-order valence-electron chi connectivity index (χ0n) is 10.1. The fourth-order valence-corrected chi connectivity index (χ4v) is 1.64. The number of hydrogen-bond donors (Lipinski definition) is 1. The van der Waals surface area contributed by atoms with Crippen LogP contribution >= 0.6 is 0 Å². The Labute approximate surface area is 98.1 Å². The molecule has 2 rings (SSSR count). The first-order valence-corrected chi connectivity index (χ1v) is 5.19. The standard InChI is InChI=1S/C11H13FN4O/c1-5-8(7(3)17-16-5)10-14-6(2)9(12)11(13-4)15-10/h1-4H3,(H,13,14,15). The number of nitrogens with one attached hydrogen (secondary N) is 1. The van der Waals surface area contributed by atoms with Crippen LogP contribution in [-0.2, 0) is 0 Å². The van der Waals surface area contributed by atoms with Crippen molar-refractivity contribution in [2.75, 3.05) is 12.4 Å². The highest BCUT2D eigenvalue weighted by Gasteiger charge is 2.17. The molecule has 5 nitrogen and oxygen atoms in total. The number of halogens is 1. The minimum absolute atomic E-state index is 0.174. The van der Waals surface area contributed by atoms with E-state index < -0.39 is 5.82 Å². The topological polar surface area (TPSA) is 63.8 Å². The van der Waals surface area contributed by atoms with Gasteiger partial charge in [-0.2, -0.15) is 0 Å². The van der Waals surface area contributed by atoms with Crippen molar-refractivity contribution in [3.05, 3.63) is 23.0 Å². The van der Waals surface area contributed by atoms with Gasteiger partial charge in [-0.25, -0.2) is 14.4 Å². The van der Waals surface area contributed by atoms with Crippen molar-refractivity contribution in [3.63, 3.8) is 0 Å². The molecule has 0 atom stereocenters. The van der Waals surface area contributed by atoms with Gasteiger partial charge < -0.3 is 9.84 Å². The van der Waals surface area contributed by atoms with Crippen LogP contribution in [0.3, 0.4) is 0 Å². The minimum atomic E-state index is -0.442. The maximum atomic E-state index is 13.6. The van der Waals surface area contributed by atoms with E-state index in [1.807, 2.05) is 0 Å². The van der Waals surface area contributed by atoms with Gasteiger partial charge in [0.25, 0.3) is 0 Å². The molecular weight excluding hydrogens is 223 g/mol. The number of aryl methyl sites for hydroxylation is 3. The molecule has 90 valence electrons. The predicted octanol–water partition coefficient (Wildman–Crippen LogP) is 2.24. The van der Waals surface area contributed by atoms with E-state index in [4.69, 9.17) is 4.52 Å². The monoisotopic (exact) mass is 236 g/mol. The van der Waals surface area contributed by atoms with Crippen LogP contribution in [0.1, 0.15) is 17.1 Å². The maximum absolute atomic E-state index is 13.6. The van der Waals surface area contributed by atoms with Crippen LogP contribution in [0.15, 0.2) is 4.52 Å². The molecule has 0 aromatic carbocycles. The van der Waals surface area contributed by atoms with Crippen molar-refractivity contribution in [1.29, 1.82) is 0 Å². The largest absolute Gasteiger partial charge is 0.371 e. The van der Waals surface area contributed by atoms with E-state index in [1.54, 1.807) is 27.8 Å². The third-order valence-corrected chi connectivity index (χ3v) is 2.51. The van der Waals surface area contributed by atoms with E-state index in [-0.39, 0.29) is 5.82 Å². The van der Waals surface area contributed by atoms with Crippen molar-refractivity contribution in [1.82, 2.24) is 15.1 Å². The smallest absolute Gasteiger partial charge is 0.186 e. The molecule has 0 bridgehead atoms. The van der Waals surface area contributed by atoms with Crippen LogP contribution in [0.2, 0.25) is 0 Å². The molecule has 0 spiro atoms. The molecule has 0 aliphatic carbocycles. The Morgan fingerprint density at radius 2 is 1.82 bits per heavy atom. The summed E-state index contributed by atoms with van der Waals surface area (Å²) in [5.74, 6) is 0.774. The second kappa shape index (κ2) is 4.12. The Morgan fingerprint density at radius 3 is 2.35 bits per heavy atom. The van der Waals surface area contributed by atoms with Gasteiger partial charge in [-0.15, -0.1) is 0 Å². The van der Waals surface area contributed by atoms with E-state index in [0.29, 0.717) is 28.5 Å². The number of nitrogens with zero attached hydrogens (tertiary/aromatic N) is 3. The molecule has 6 heteroatoms. The average molecular weight is 236 g/mol. The van der Waals surface area contributed by atoms with Crippen LogP contribution < -0.4 is 5.32 Å². The Kier molecular flexibility index (Phi) is 2.79. The van der Waals surface area contributed by atoms with Crippen LogP contribution in [0.25, 0.3) is 11.4 Å². The first-order chi connectivity index (χ1) is 8.04. The van der Waals surface area contributed by atoms with E-state index >= 15 is 0 Å². The Hall–Kier alpha value is -1.98. The fraction of sp³-hybridized carbons (Fsp3) is 0.364. The van der Waals surface area contributed by atoms with Crippen molar-refractivity contribution in [3.8, 4) is 11.4 Å². The lowest BCUT2D eigenvalue weighted by atomic mass is 10.2. The first kappa shape index (κ1) is 11.5. The van der Waals surface area contributed by atoms with Crippen LogP contribution in [0.4, 0.5) is 10.2 Å². The molecule has 17 heavy (non-hydrogen) atoms. The van der Waals surface area contributed by atoms with Gasteiger partial charge in [-0.3, -0.25) is 0 Å². The lowest BCUT2D eigenvalue weighted by Crippen LogP contribution is -2.04. The second-order valence-corrected chi connectivity index (χ2v) is 3.74. The minimum Gasteiger partial charge on any atom is -0.371 e. The van der Waals surface area contributed by atoms with Crippen molar-refractivity contribution in [2.45, 2.75) is 20.8 Å². The highest BCUT2D eigenvalue weighted by molar-refractivity contribution is 5.62. The second-order valence-electron chi connectivity index (χ2n) is 3.74. The van der Waals surface area contributed by atoms with E-state index in [0.717, 1.165) is 0 Å². The number of rotatable bonds is 2. The van der Waals surface area contributed by atoms with Gasteiger partial charge >= 0.3 is 0 Å². The summed E-state index contributed by atoms with van der Waals surface area (Å²) < 4.78 is 18.6. The zero-order valence-corrected chi connectivity index (χ0v) is 10.1. The summed E-state index contributed by atoms with van der Waals surface area (Å²) in [6.07, 6.45) is 0. The summed E-state index contributed by atoms with van der Waals surface area (Å²) in [4.78, 5) is 8.24. The molecule has 0 saturated heterocycles. The van der Waals surface area contributed by atoms with Crippen LogP contribution in [-0.4, -0.2) is 22.2 Å². The molecule has 0 saturated carbocycles. The van der Waals surface area contributed by atoms with Gasteiger partial charge in [-0.05, 0) is 20.8 Å². The lowest BCUT2D eigenvalue weighted by Gasteiger charge is -2.06. The molecule has 0 aliphatic heterocycles. The molecule has 2 aromatic heterocycles. The summed E-state index contributed by atoms with van der Waals surface area (Å²) in [6.45, 7) is 5.17. The lowest BCUT2D eigenvalue weighted by molar-refractivity contribution is 0.393. The molecule has 0 unspecified atom stereocenters. The zero-order chi connectivity index (χ0) is 12.6. The van der Waals surface area contributed by atoms with E-state index in [2.05, 4.69) is 20.4 Å². The summed E-state index contributed by atoms with van der Waals surface area (Å²) >= 11 is 0. The van der Waals surface area contributed by atoms with Crippen LogP contribution in [0, 0.1) is 26.6 Å². The quantitative estimate of drug-likeness (QED) is 0.866. The fourth-order valence-electron chi connectivity index (χ4n) is 1.64. The summed E-state index contributed by atoms with van der Waals surface area (Å²) in [5, 5.41) is 6.53. The van der Waals surface area contributed by atoms with Gasteiger partial charge in [0, 0.05) is 7.05 Å². The van der Waals surface area contributed by atoms with Crippen molar-refractivity contribution in [2.24, 2.45) is 0 Å². The average Bonchev–Trinajstić information content (AvgIpc) is 2.62. The van der Waals surface area contributed by atoms with Crippen molar-refractivity contribution >= 4 is 5.82 Å². The van der Waals surface area contributed by atoms with Gasteiger partial charge in [0.1, 0.15) is 5.76 Å².